The summed E-state index contributed by atoms with van der Waals surface area (Å²) in [6.45, 7) is 8.63. The molecule has 0 spiro atoms. The van der Waals surface area contributed by atoms with E-state index in [9.17, 15) is 14.4 Å². The van der Waals surface area contributed by atoms with Gasteiger partial charge in [0.2, 0.25) is 5.91 Å². The molecule has 1 fully saturated rings. The maximum atomic E-state index is 13.7. The van der Waals surface area contributed by atoms with E-state index in [1.54, 1.807) is 11.3 Å². The van der Waals surface area contributed by atoms with Crippen LogP contribution < -0.4 is 5.32 Å². The van der Waals surface area contributed by atoms with Crippen LogP contribution in [-0.2, 0) is 27.2 Å². The molecule has 0 bridgehead atoms. The first kappa shape index (κ1) is 30.2. The van der Waals surface area contributed by atoms with Gasteiger partial charge in [-0.15, -0.1) is 11.3 Å². The number of carbonyl (C=O) groups is 3. The Morgan fingerprint density at radius 3 is 2.55 bits per heavy atom. The monoisotopic (exact) mass is 539 g/mol. The minimum Gasteiger partial charge on any atom is -0.353 e. The Morgan fingerprint density at radius 1 is 1.16 bits per heavy atom. The highest BCUT2D eigenvalue weighted by atomic mass is 32.1. The number of nitrogens with zero attached hydrogens (tertiary/aromatic N) is 2. The van der Waals surface area contributed by atoms with Crippen molar-refractivity contribution in [2.45, 2.75) is 90.5 Å². The highest BCUT2D eigenvalue weighted by Crippen LogP contribution is 2.31. The average Bonchev–Trinajstić information content (AvgIpc) is 3.54. The number of hydrogen-bond acceptors (Lipinski definition) is 6. The second-order valence-electron chi connectivity index (χ2n) is 11.1. The van der Waals surface area contributed by atoms with Crippen molar-refractivity contribution in [3.05, 3.63) is 40.9 Å². The van der Waals surface area contributed by atoms with Gasteiger partial charge in [-0.3, -0.25) is 14.4 Å². The number of Topliss-reactive ketones (excluding diaryl/α,β-unsaturated/α-hetero) is 2. The number of hydrogen-bond donors (Lipinski definition) is 1. The molecule has 1 saturated carbocycles. The largest absolute Gasteiger partial charge is 0.353 e. The molecule has 1 aliphatic rings. The smallest absolute Gasteiger partial charge is 0.224 e. The summed E-state index contributed by atoms with van der Waals surface area (Å²) in [5.74, 6) is 0.0138. The number of aryl methyl sites for hydroxylation is 1. The molecule has 3 rings (SSSR count). The lowest BCUT2D eigenvalue weighted by Gasteiger charge is -2.27. The van der Waals surface area contributed by atoms with Gasteiger partial charge in [-0.25, -0.2) is 4.98 Å². The van der Waals surface area contributed by atoms with Gasteiger partial charge in [0.1, 0.15) is 5.78 Å². The van der Waals surface area contributed by atoms with Crippen LogP contribution in [0.4, 0.5) is 0 Å². The van der Waals surface area contributed by atoms with Gasteiger partial charge in [0.15, 0.2) is 5.78 Å². The molecule has 1 aliphatic carbocycles. The summed E-state index contributed by atoms with van der Waals surface area (Å²) in [5.41, 5.74) is 2.82. The summed E-state index contributed by atoms with van der Waals surface area (Å²) in [7, 11) is 3.85. The van der Waals surface area contributed by atoms with E-state index >= 15 is 0 Å². The fourth-order valence-electron chi connectivity index (χ4n) is 5.47. The van der Waals surface area contributed by atoms with Crippen molar-refractivity contribution >= 4 is 39.0 Å². The number of rotatable bonds is 16. The third-order valence-corrected chi connectivity index (χ3v) is 8.62. The topological polar surface area (TPSA) is 79.4 Å². The van der Waals surface area contributed by atoms with Gasteiger partial charge in [-0.05, 0) is 69.8 Å². The molecule has 6 nitrogen and oxygen atoms in total. The number of carbonyl (C=O) groups excluding carboxylic acids is 3. The van der Waals surface area contributed by atoms with Gasteiger partial charge >= 0.3 is 0 Å². The lowest BCUT2D eigenvalue weighted by Crippen LogP contribution is -2.44. The quantitative estimate of drug-likeness (QED) is 0.268. The minimum atomic E-state index is -0.455. The zero-order valence-electron chi connectivity index (χ0n) is 23.7. The van der Waals surface area contributed by atoms with E-state index in [0.29, 0.717) is 43.7 Å². The lowest BCUT2D eigenvalue weighted by molar-refractivity contribution is -0.130. The van der Waals surface area contributed by atoms with Crippen molar-refractivity contribution in [3.63, 3.8) is 0 Å². The molecule has 0 unspecified atom stereocenters. The molecule has 7 heteroatoms. The number of fused-ring (bicyclic) bond motifs is 1. The number of benzene rings is 1. The van der Waals surface area contributed by atoms with E-state index in [2.05, 4.69) is 31.0 Å². The summed E-state index contributed by atoms with van der Waals surface area (Å²) < 4.78 is 1.12. The van der Waals surface area contributed by atoms with Crippen LogP contribution in [0.15, 0.2) is 30.4 Å². The molecule has 0 radical (unpaired) electrons. The Hall–Kier alpha value is -2.38. The summed E-state index contributed by atoms with van der Waals surface area (Å²) in [6.07, 6.45) is 8.34. The number of thiazole rings is 1. The third kappa shape index (κ3) is 8.84. The van der Waals surface area contributed by atoms with Crippen LogP contribution in [0.2, 0.25) is 0 Å². The predicted octanol–water partition coefficient (Wildman–Crippen LogP) is 5.92. The van der Waals surface area contributed by atoms with Gasteiger partial charge in [0.05, 0.1) is 21.1 Å². The first-order valence-corrected chi connectivity index (χ1v) is 15.1. The van der Waals surface area contributed by atoms with Crippen molar-refractivity contribution in [2.24, 2.45) is 11.8 Å². The molecule has 1 N–H and O–H groups in total. The summed E-state index contributed by atoms with van der Waals surface area (Å²) in [5, 5.41) is 4.20. The Bertz CT molecular complexity index is 1120. The second kappa shape index (κ2) is 14.7. The van der Waals surface area contributed by atoms with Gasteiger partial charge in [-0.1, -0.05) is 39.3 Å². The lowest BCUT2D eigenvalue weighted by atomic mass is 9.90. The average molecular weight is 540 g/mol. The van der Waals surface area contributed by atoms with Gasteiger partial charge in [-0.2, -0.15) is 0 Å². The van der Waals surface area contributed by atoms with Gasteiger partial charge in [0, 0.05) is 43.8 Å². The van der Waals surface area contributed by atoms with Crippen LogP contribution in [0, 0.1) is 11.8 Å². The Kier molecular flexibility index (Phi) is 11.7. The molecule has 1 heterocycles. The van der Waals surface area contributed by atoms with Crippen molar-refractivity contribution in [2.75, 3.05) is 20.6 Å². The molecule has 2 atom stereocenters. The first-order valence-electron chi connectivity index (χ1n) is 14.3. The molecule has 0 aliphatic heterocycles. The van der Waals surface area contributed by atoms with E-state index in [1.807, 2.05) is 32.0 Å². The maximum absolute atomic E-state index is 13.7. The maximum Gasteiger partial charge on any atom is 0.224 e. The SMILES string of the molecule is C=C(CN(C)C)C(=O)CC[C@@H](NC(=O)[C@@H](CC(=O)CCC)Cc1nc2ccc(CC)cc2s1)C1CCCC1. The van der Waals surface area contributed by atoms with E-state index < -0.39 is 5.92 Å². The second-order valence-corrected chi connectivity index (χ2v) is 12.2. The summed E-state index contributed by atoms with van der Waals surface area (Å²) >= 11 is 1.62. The zero-order valence-corrected chi connectivity index (χ0v) is 24.5. The van der Waals surface area contributed by atoms with Crippen molar-refractivity contribution in [3.8, 4) is 0 Å². The van der Waals surface area contributed by atoms with Crippen LogP contribution in [-0.4, -0.2) is 54.0 Å². The molecule has 2 aromatic rings. The van der Waals surface area contributed by atoms with Crippen molar-refractivity contribution < 1.29 is 14.4 Å². The van der Waals surface area contributed by atoms with Crippen molar-refractivity contribution in [1.82, 2.24) is 15.2 Å². The Morgan fingerprint density at radius 2 is 1.89 bits per heavy atom. The van der Waals surface area contributed by atoms with E-state index in [-0.39, 0.29) is 29.9 Å². The molecule has 1 aromatic heterocycles. The molecule has 38 heavy (non-hydrogen) atoms. The molecule has 0 saturated heterocycles. The van der Waals surface area contributed by atoms with Crippen LogP contribution in [0.25, 0.3) is 10.2 Å². The molecular formula is C31H45N3O3S. The van der Waals surface area contributed by atoms with Crippen LogP contribution in [0.5, 0.6) is 0 Å². The van der Waals surface area contributed by atoms with Crippen LogP contribution in [0.3, 0.4) is 0 Å². The van der Waals surface area contributed by atoms with Gasteiger partial charge < -0.3 is 10.2 Å². The van der Waals surface area contributed by atoms with Crippen LogP contribution in [0.1, 0.15) is 82.2 Å². The van der Waals surface area contributed by atoms with Gasteiger partial charge in [0.25, 0.3) is 0 Å². The number of nitrogens with one attached hydrogen (secondary N) is 1. The number of aromatic nitrogens is 1. The standard InChI is InChI=1S/C31H45N3O3S/c1-6-10-25(35)18-24(19-30-32-27-14-13-22(7-2)17-29(27)38-30)31(37)33-26(23-11-8-9-12-23)15-16-28(36)21(3)20-34(4)5/h13-14,17,23-24,26H,3,6-12,15-16,18-20H2,1-2,4-5H3,(H,33,37)/t24-,26+/m0/s1. The zero-order chi connectivity index (χ0) is 27.7. The number of likely N-dealkylation sites (N-methyl/N-ethyl adjacent to an activating group) is 1. The number of ketones is 2. The fourth-order valence-corrected chi connectivity index (χ4v) is 6.58. The highest BCUT2D eigenvalue weighted by molar-refractivity contribution is 7.18. The van der Waals surface area contributed by atoms with E-state index in [0.717, 1.165) is 53.7 Å². The predicted molar refractivity (Wildman–Crippen MR) is 157 cm³/mol. The molecule has 1 aromatic carbocycles. The highest BCUT2D eigenvalue weighted by Gasteiger charge is 2.31. The molecular weight excluding hydrogens is 494 g/mol. The molecule has 208 valence electrons. The Labute approximate surface area is 232 Å². The summed E-state index contributed by atoms with van der Waals surface area (Å²) in [4.78, 5) is 45.8. The Balaban J connectivity index is 1.74. The van der Waals surface area contributed by atoms with E-state index in [4.69, 9.17) is 4.98 Å². The normalized spacial score (nSPS) is 15.6. The third-order valence-electron chi connectivity index (χ3n) is 7.58. The first-order chi connectivity index (χ1) is 18.2. The van der Waals surface area contributed by atoms with Crippen molar-refractivity contribution in [1.29, 1.82) is 0 Å². The summed E-state index contributed by atoms with van der Waals surface area (Å²) in [6, 6.07) is 6.25. The van der Waals surface area contributed by atoms with E-state index in [1.165, 1.54) is 5.56 Å². The van der Waals surface area contributed by atoms with Crippen LogP contribution >= 0.6 is 11.3 Å². The number of amides is 1. The fraction of sp³-hybridized carbons (Fsp3) is 0.613. The minimum absolute atomic E-state index is 0.0616. The molecule has 1 amide bonds.